The van der Waals surface area contributed by atoms with E-state index in [1.807, 2.05) is 37.3 Å². The number of hydrogen-bond donors (Lipinski definition) is 1. The molecule has 4 heteroatoms. The Kier molecular flexibility index (Phi) is 5.50. The summed E-state index contributed by atoms with van der Waals surface area (Å²) in [7, 11) is 0. The van der Waals surface area contributed by atoms with Gasteiger partial charge < -0.3 is 14.5 Å². The predicted molar refractivity (Wildman–Crippen MR) is 81.2 cm³/mol. The van der Waals surface area contributed by atoms with E-state index in [1.165, 1.54) is 0 Å². The van der Waals surface area contributed by atoms with E-state index in [0.29, 0.717) is 17.4 Å². The molecule has 0 atom stereocenters. The van der Waals surface area contributed by atoms with Crippen LogP contribution in [0, 0.1) is 6.92 Å². The second-order valence-electron chi connectivity index (χ2n) is 4.77. The Morgan fingerprint density at radius 2 is 2.00 bits per heavy atom. The molecule has 0 saturated carbocycles. The predicted octanol–water partition coefficient (Wildman–Crippen LogP) is 4.32. The van der Waals surface area contributed by atoms with E-state index in [-0.39, 0.29) is 0 Å². The molecule has 3 nitrogen and oxygen atoms in total. The molecule has 0 unspecified atom stereocenters. The molecule has 0 aliphatic heterocycles. The lowest BCUT2D eigenvalue weighted by molar-refractivity contribution is 0.265. The molecule has 2 rings (SSSR count). The molecule has 1 heterocycles. The molecule has 0 spiro atoms. The molecule has 1 aromatic heterocycles. The molecule has 0 aliphatic rings. The summed E-state index contributed by atoms with van der Waals surface area (Å²) in [5.41, 5.74) is 1.12. The molecule has 0 amide bonds. The van der Waals surface area contributed by atoms with E-state index in [1.54, 1.807) is 0 Å². The summed E-state index contributed by atoms with van der Waals surface area (Å²) in [6, 6.07) is 9.63. The zero-order valence-corrected chi connectivity index (χ0v) is 12.7. The summed E-state index contributed by atoms with van der Waals surface area (Å²) in [6.07, 6.45) is 1.11. The van der Waals surface area contributed by atoms with Gasteiger partial charge in [-0.25, -0.2) is 0 Å². The first kappa shape index (κ1) is 14.9. The molecule has 0 aliphatic carbocycles. The highest BCUT2D eigenvalue weighted by Crippen LogP contribution is 2.26. The lowest BCUT2D eigenvalue weighted by atomic mass is 10.2. The van der Waals surface area contributed by atoms with Crippen molar-refractivity contribution in [1.82, 2.24) is 5.32 Å². The number of rotatable bonds is 7. The van der Waals surface area contributed by atoms with Gasteiger partial charge in [0.05, 0.1) is 11.6 Å². The third-order valence-corrected chi connectivity index (χ3v) is 3.21. The highest BCUT2D eigenvalue weighted by atomic mass is 35.5. The van der Waals surface area contributed by atoms with Crippen molar-refractivity contribution in [1.29, 1.82) is 0 Å². The second kappa shape index (κ2) is 7.36. The Morgan fingerprint density at radius 1 is 1.20 bits per heavy atom. The van der Waals surface area contributed by atoms with Crippen LogP contribution in [0.5, 0.6) is 5.75 Å². The average molecular weight is 294 g/mol. The highest BCUT2D eigenvalue weighted by molar-refractivity contribution is 6.32. The summed E-state index contributed by atoms with van der Waals surface area (Å²) >= 11 is 6.09. The third-order valence-electron chi connectivity index (χ3n) is 2.90. The van der Waals surface area contributed by atoms with Crippen molar-refractivity contribution in [2.24, 2.45) is 0 Å². The van der Waals surface area contributed by atoms with Crippen molar-refractivity contribution in [3.63, 3.8) is 0 Å². The van der Waals surface area contributed by atoms with E-state index in [9.17, 15) is 0 Å². The lowest BCUT2D eigenvalue weighted by Crippen LogP contribution is -2.13. The van der Waals surface area contributed by atoms with Gasteiger partial charge in [-0.05, 0) is 49.7 Å². The van der Waals surface area contributed by atoms with Crippen LogP contribution in [-0.2, 0) is 13.2 Å². The zero-order valence-electron chi connectivity index (χ0n) is 11.9. The zero-order chi connectivity index (χ0) is 14.4. The van der Waals surface area contributed by atoms with Gasteiger partial charge in [0.1, 0.15) is 23.9 Å². The van der Waals surface area contributed by atoms with Crippen LogP contribution >= 0.6 is 11.6 Å². The summed E-state index contributed by atoms with van der Waals surface area (Å²) in [5, 5.41) is 3.92. The molecular weight excluding hydrogens is 274 g/mol. The maximum absolute atomic E-state index is 6.09. The minimum absolute atomic E-state index is 0.386. The fourth-order valence-electron chi connectivity index (χ4n) is 1.85. The van der Waals surface area contributed by atoms with E-state index >= 15 is 0 Å². The van der Waals surface area contributed by atoms with Crippen LogP contribution in [0.25, 0.3) is 0 Å². The van der Waals surface area contributed by atoms with Gasteiger partial charge in [0.15, 0.2) is 0 Å². The van der Waals surface area contributed by atoms with Gasteiger partial charge in [0.25, 0.3) is 0 Å². The summed E-state index contributed by atoms with van der Waals surface area (Å²) in [6.45, 7) is 6.27. The maximum atomic E-state index is 6.09. The summed E-state index contributed by atoms with van der Waals surface area (Å²) in [5.74, 6) is 2.41. The fourth-order valence-corrected chi connectivity index (χ4v) is 2.03. The van der Waals surface area contributed by atoms with Gasteiger partial charge in [-0.1, -0.05) is 24.6 Å². The Bertz CT molecular complexity index is 551. The molecule has 2 aromatic rings. The maximum Gasteiger partial charge on any atom is 0.146 e. The Balaban J connectivity index is 1.89. The van der Waals surface area contributed by atoms with Crippen LogP contribution < -0.4 is 10.1 Å². The van der Waals surface area contributed by atoms with Gasteiger partial charge in [-0.2, -0.15) is 0 Å². The second-order valence-corrected chi connectivity index (χ2v) is 5.17. The molecule has 0 bridgehead atoms. The first-order valence-corrected chi connectivity index (χ1v) is 7.24. The van der Waals surface area contributed by atoms with Crippen molar-refractivity contribution in [2.45, 2.75) is 33.4 Å². The minimum Gasteiger partial charge on any atom is -0.484 e. The number of aryl methyl sites for hydroxylation is 1. The van der Waals surface area contributed by atoms with Crippen LogP contribution in [-0.4, -0.2) is 6.54 Å². The number of benzene rings is 1. The van der Waals surface area contributed by atoms with Crippen molar-refractivity contribution in [3.8, 4) is 5.75 Å². The quantitative estimate of drug-likeness (QED) is 0.772. The van der Waals surface area contributed by atoms with Gasteiger partial charge in [-0.3, -0.25) is 0 Å². The van der Waals surface area contributed by atoms with Gasteiger partial charge in [0.2, 0.25) is 0 Å². The van der Waals surface area contributed by atoms with Crippen molar-refractivity contribution < 1.29 is 9.15 Å². The Morgan fingerprint density at radius 3 is 2.80 bits per heavy atom. The Labute approximate surface area is 124 Å². The van der Waals surface area contributed by atoms with E-state index in [0.717, 1.165) is 36.6 Å². The smallest absolute Gasteiger partial charge is 0.146 e. The molecular formula is C16H20ClNO2. The monoisotopic (exact) mass is 293 g/mol. The number of halogens is 1. The first-order valence-electron chi connectivity index (χ1n) is 6.86. The van der Waals surface area contributed by atoms with Crippen LogP contribution in [0.2, 0.25) is 5.02 Å². The van der Waals surface area contributed by atoms with Crippen LogP contribution in [0.4, 0.5) is 0 Å². The van der Waals surface area contributed by atoms with E-state index < -0.39 is 0 Å². The Hall–Kier alpha value is -1.45. The van der Waals surface area contributed by atoms with Crippen molar-refractivity contribution >= 4 is 11.6 Å². The van der Waals surface area contributed by atoms with E-state index in [2.05, 4.69) is 12.2 Å². The van der Waals surface area contributed by atoms with Crippen molar-refractivity contribution in [2.75, 3.05) is 6.54 Å². The normalized spacial score (nSPS) is 10.8. The fraction of sp³-hybridized carbons (Fsp3) is 0.375. The number of nitrogens with one attached hydrogen (secondary N) is 1. The van der Waals surface area contributed by atoms with Gasteiger partial charge >= 0.3 is 0 Å². The topological polar surface area (TPSA) is 34.4 Å². The largest absolute Gasteiger partial charge is 0.484 e. The van der Waals surface area contributed by atoms with E-state index in [4.69, 9.17) is 20.8 Å². The first-order chi connectivity index (χ1) is 9.69. The molecule has 1 N–H and O–H groups in total. The highest BCUT2D eigenvalue weighted by Gasteiger charge is 2.05. The molecule has 1 aromatic carbocycles. The summed E-state index contributed by atoms with van der Waals surface area (Å²) < 4.78 is 11.4. The summed E-state index contributed by atoms with van der Waals surface area (Å²) in [4.78, 5) is 0. The molecule has 0 radical (unpaired) electrons. The van der Waals surface area contributed by atoms with Crippen LogP contribution in [0.3, 0.4) is 0 Å². The number of hydrogen-bond acceptors (Lipinski definition) is 3. The average Bonchev–Trinajstić information content (AvgIpc) is 2.88. The third kappa shape index (κ3) is 4.29. The number of ether oxygens (including phenoxy) is 1. The van der Waals surface area contributed by atoms with Gasteiger partial charge in [-0.15, -0.1) is 0 Å². The standard InChI is InChI=1S/C16H20ClNO2/c1-3-8-18-10-13-5-6-14(20-13)11-19-16-9-12(2)4-7-15(16)17/h4-7,9,18H,3,8,10-11H2,1-2H3. The van der Waals surface area contributed by atoms with Crippen LogP contribution in [0.15, 0.2) is 34.7 Å². The molecule has 20 heavy (non-hydrogen) atoms. The lowest BCUT2D eigenvalue weighted by Gasteiger charge is -2.07. The van der Waals surface area contributed by atoms with Crippen molar-refractivity contribution in [3.05, 3.63) is 52.4 Å². The number of furan rings is 1. The minimum atomic E-state index is 0.386. The molecule has 0 fully saturated rings. The van der Waals surface area contributed by atoms with Crippen LogP contribution in [0.1, 0.15) is 30.4 Å². The molecule has 0 saturated heterocycles. The van der Waals surface area contributed by atoms with Gasteiger partial charge in [0, 0.05) is 0 Å². The SMILES string of the molecule is CCCNCc1ccc(COc2cc(C)ccc2Cl)o1. The molecule has 108 valence electrons.